The van der Waals surface area contributed by atoms with Gasteiger partial charge in [0.15, 0.2) is 5.96 Å². The topological polar surface area (TPSA) is 65.9 Å². The summed E-state index contributed by atoms with van der Waals surface area (Å²) < 4.78 is 5.89. The number of guanidine groups is 1. The van der Waals surface area contributed by atoms with Crippen molar-refractivity contribution in [3.8, 4) is 0 Å². The minimum absolute atomic E-state index is 0. The van der Waals surface area contributed by atoms with Crippen LogP contribution in [0.25, 0.3) is 0 Å². The average molecular weight is 517 g/mol. The fourth-order valence-electron chi connectivity index (χ4n) is 2.60. The number of hydrogen-bond donors (Lipinski definition) is 3. The summed E-state index contributed by atoms with van der Waals surface area (Å²) >= 11 is 1.54. The molecule has 0 spiro atoms. The summed E-state index contributed by atoms with van der Waals surface area (Å²) in [5.74, 6) is 0.713. The first-order valence-corrected chi connectivity index (χ1v) is 10.4. The summed E-state index contributed by atoms with van der Waals surface area (Å²) in [5, 5.41) is 19.1. The van der Waals surface area contributed by atoms with E-state index >= 15 is 0 Å². The number of aliphatic hydroxyl groups is 1. The molecule has 0 saturated heterocycles. The van der Waals surface area contributed by atoms with Crippen LogP contribution in [0.2, 0.25) is 0 Å². The van der Waals surface area contributed by atoms with Crippen LogP contribution in [0, 0.1) is 0 Å². The van der Waals surface area contributed by atoms with Gasteiger partial charge in [-0.1, -0.05) is 36.4 Å². The van der Waals surface area contributed by atoms with Gasteiger partial charge in [0.1, 0.15) is 5.60 Å². The highest BCUT2D eigenvalue weighted by Gasteiger charge is 2.23. The minimum atomic E-state index is -0.954. The van der Waals surface area contributed by atoms with Crippen molar-refractivity contribution in [1.82, 2.24) is 10.6 Å². The maximum Gasteiger partial charge on any atom is 0.191 e. The van der Waals surface area contributed by atoms with Crippen molar-refractivity contribution < 1.29 is 9.84 Å². The Morgan fingerprint density at radius 1 is 1.21 bits per heavy atom. The van der Waals surface area contributed by atoms with Crippen molar-refractivity contribution in [2.24, 2.45) is 4.99 Å². The molecule has 0 aliphatic rings. The number of nitrogens with zero attached hydrogens (tertiary/aromatic N) is 1. The Bertz CT molecular complexity index is 678. The molecule has 0 saturated carbocycles. The van der Waals surface area contributed by atoms with E-state index in [9.17, 15) is 5.11 Å². The maximum absolute atomic E-state index is 10.6. The fourth-order valence-corrected chi connectivity index (χ4v) is 3.38. The molecule has 5 nitrogen and oxygen atoms in total. The van der Waals surface area contributed by atoms with E-state index in [1.54, 1.807) is 18.3 Å². The zero-order chi connectivity index (χ0) is 19.5. The zero-order valence-electron chi connectivity index (χ0n) is 16.9. The second kappa shape index (κ2) is 13.1. The Labute approximate surface area is 189 Å². The molecule has 2 atom stereocenters. The third kappa shape index (κ3) is 8.46. The Hall–Kier alpha value is -1.16. The maximum atomic E-state index is 10.6. The molecule has 1 heterocycles. The van der Waals surface area contributed by atoms with Crippen LogP contribution in [0.4, 0.5) is 0 Å². The van der Waals surface area contributed by atoms with E-state index in [1.165, 1.54) is 5.56 Å². The quantitative estimate of drug-likeness (QED) is 0.190. The van der Waals surface area contributed by atoms with Crippen LogP contribution in [-0.2, 0) is 10.3 Å². The van der Waals surface area contributed by atoms with Crippen molar-refractivity contribution in [2.75, 3.05) is 26.2 Å². The average Bonchev–Trinajstić information content (AvgIpc) is 3.22. The highest BCUT2D eigenvalue weighted by Crippen LogP contribution is 2.25. The minimum Gasteiger partial charge on any atom is -0.383 e. The highest BCUT2D eigenvalue weighted by atomic mass is 127. The number of halogens is 1. The zero-order valence-corrected chi connectivity index (χ0v) is 20.0. The first-order chi connectivity index (χ1) is 13.0. The fraction of sp³-hybridized carbons (Fsp3) is 0.476. The summed E-state index contributed by atoms with van der Waals surface area (Å²) in [6.45, 7) is 8.41. The number of hydrogen-bond acceptors (Lipinski definition) is 4. The van der Waals surface area contributed by atoms with Crippen LogP contribution in [0.3, 0.4) is 0 Å². The SMILES string of the molecule is CCNC(=NCC(C)(O)c1cccs1)NCCCOC(C)c1ccccc1.I. The van der Waals surface area contributed by atoms with Crippen molar-refractivity contribution in [3.05, 3.63) is 58.3 Å². The van der Waals surface area contributed by atoms with Crippen LogP contribution in [0.1, 0.15) is 43.7 Å². The number of thiophene rings is 1. The summed E-state index contributed by atoms with van der Waals surface area (Å²) in [4.78, 5) is 5.45. The highest BCUT2D eigenvalue weighted by molar-refractivity contribution is 14.0. The normalized spacial score (nSPS) is 14.6. The monoisotopic (exact) mass is 517 g/mol. The Balaban J connectivity index is 0.00000392. The largest absolute Gasteiger partial charge is 0.383 e. The van der Waals surface area contributed by atoms with Gasteiger partial charge in [-0.25, -0.2) is 4.99 Å². The Kier molecular flexibility index (Phi) is 11.7. The van der Waals surface area contributed by atoms with E-state index < -0.39 is 5.60 Å². The second-order valence-electron chi connectivity index (χ2n) is 6.65. The van der Waals surface area contributed by atoms with E-state index in [1.807, 2.05) is 42.6 Å². The molecule has 2 aromatic rings. The van der Waals surface area contributed by atoms with Gasteiger partial charge in [0.05, 0.1) is 12.6 Å². The van der Waals surface area contributed by atoms with Crippen LogP contribution >= 0.6 is 35.3 Å². The first-order valence-electron chi connectivity index (χ1n) is 9.48. The summed E-state index contributed by atoms with van der Waals surface area (Å²) in [5.41, 5.74) is 0.237. The number of aliphatic imine (C=N–C) groups is 1. The van der Waals surface area contributed by atoms with Crippen molar-refractivity contribution in [1.29, 1.82) is 0 Å². The first kappa shape index (κ1) is 24.9. The van der Waals surface area contributed by atoms with Gasteiger partial charge in [0.25, 0.3) is 0 Å². The smallest absolute Gasteiger partial charge is 0.191 e. The van der Waals surface area contributed by atoms with Gasteiger partial charge in [0.2, 0.25) is 0 Å². The molecule has 1 aromatic carbocycles. The van der Waals surface area contributed by atoms with E-state index in [-0.39, 0.29) is 30.1 Å². The third-order valence-electron chi connectivity index (χ3n) is 4.19. The molecule has 156 valence electrons. The number of ether oxygens (including phenoxy) is 1. The Morgan fingerprint density at radius 3 is 2.61 bits per heavy atom. The number of benzene rings is 1. The molecule has 0 aliphatic carbocycles. The van der Waals surface area contributed by atoms with Crippen LogP contribution < -0.4 is 10.6 Å². The standard InChI is InChI=1S/C21H31N3O2S.HI/c1-4-22-20(24-16-21(3,25)19-12-8-15-27-19)23-13-9-14-26-17(2)18-10-6-5-7-11-18;/h5-8,10-12,15,17,25H,4,9,13-14,16H2,1-3H3,(H2,22,23,24);1H. The molecule has 7 heteroatoms. The molecule has 0 amide bonds. The molecule has 0 fully saturated rings. The molecule has 1 aromatic heterocycles. The Morgan fingerprint density at radius 2 is 1.96 bits per heavy atom. The van der Waals surface area contributed by atoms with Crippen LogP contribution in [-0.4, -0.2) is 37.3 Å². The van der Waals surface area contributed by atoms with Gasteiger partial charge in [-0.15, -0.1) is 35.3 Å². The summed E-state index contributed by atoms with van der Waals surface area (Å²) in [7, 11) is 0. The molecule has 28 heavy (non-hydrogen) atoms. The van der Waals surface area contributed by atoms with Gasteiger partial charge in [-0.2, -0.15) is 0 Å². The van der Waals surface area contributed by atoms with E-state index in [0.717, 1.165) is 24.4 Å². The molecule has 0 aliphatic heterocycles. The number of nitrogens with one attached hydrogen (secondary N) is 2. The van der Waals surface area contributed by atoms with E-state index in [2.05, 4.69) is 34.7 Å². The van der Waals surface area contributed by atoms with Gasteiger partial charge in [-0.3, -0.25) is 0 Å². The molecular formula is C21H32IN3O2S. The lowest BCUT2D eigenvalue weighted by Crippen LogP contribution is -2.39. The van der Waals surface area contributed by atoms with Gasteiger partial charge >= 0.3 is 0 Å². The summed E-state index contributed by atoms with van der Waals surface area (Å²) in [6, 6.07) is 14.1. The molecule has 3 N–H and O–H groups in total. The molecule has 0 bridgehead atoms. The van der Waals surface area contributed by atoms with Crippen molar-refractivity contribution >= 4 is 41.3 Å². The van der Waals surface area contributed by atoms with Gasteiger partial charge in [-0.05, 0) is 44.2 Å². The van der Waals surface area contributed by atoms with Crippen molar-refractivity contribution in [2.45, 2.75) is 38.9 Å². The summed E-state index contributed by atoms with van der Waals surface area (Å²) in [6.07, 6.45) is 0.970. The third-order valence-corrected chi connectivity index (χ3v) is 5.31. The van der Waals surface area contributed by atoms with E-state index in [0.29, 0.717) is 19.1 Å². The van der Waals surface area contributed by atoms with Crippen molar-refractivity contribution in [3.63, 3.8) is 0 Å². The van der Waals surface area contributed by atoms with E-state index in [4.69, 9.17) is 4.74 Å². The molecule has 2 unspecified atom stereocenters. The lowest BCUT2D eigenvalue weighted by Gasteiger charge is -2.20. The lowest BCUT2D eigenvalue weighted by atomic mass is 10.1. The number of rotatable bonds is 10. The van der Waals surface area contributed by atoms with Crippen LogP contribution in [0.15, 0.2) is 52.8 Å². The molecular weight excluding hydrogens is 485 g/mol. The molecule has 0 radical (unpaired) electrons. The predicted octanol–water partition coefficient (Wildman–Crippen LogP) is 4.30. The van der Waals surface area contributed by atoms with Gasteiger partial charge in [0, 0.05) is 24.6 Å². The van der Waals surface area contributed by atoms with Crippen LogP contribution in [0.5, 0.6) is 0 Å². The van der Waals surface area contributed by atoms with Gasteiger partial charge < -0.3 is 20.5 Å². The predicted molar refractivity (Wildman–Crippen MR) is 129 cm³/mol. The second-order valence-corrected chi connectivity index (χ2v) is 7.60. The molecule has 2 rings (SSSR count). The lowest BCUT2D eigenvalue weighted by molar-refractivity contribution is 0.0644.